The molecule has 1 saturated heterocycles. The van der Waals surface area contributed by atoms with Gasteiger partial charge in [-0.25, -0.2) is 14.4 Å². The van der Waals surface area contributed by atoms with Gasteiger partial charge in [-0.05, 0) is 55.6 Å². The first-order valence-electron chi connectivity index (χ1n) is 11.4. The van der Waals surface area contributed by atoms with Gasteiger partial charge in [0.15, 0.2) is 5.76 Å². The van der Waals surface area contributed by atoms with Crippen LogP contribution in [0.1, 0.15) is 18.6 Å². The van der Waals surface area contributed by atoms with Crippen molar-refractivity contribution in [2.75, 3.05) is 31.2 Å². The molecule has 7 nitrogen and oxygen atoms in total. The van der Waals surface area contributed by atoms with Crippen LogP contribution in [0, 0.1) is 5.82 Å². The molecular formula is C26H24F4N4O3. The van der Waals surface area contributed by atoms with Crippen LogP contribution in [0.25, 0.3) is 22.2 Å². The third-order valence-electron chi connectivity index (χ3n) is 5.78. The highest BCUT2D eigenvalue weighted by Gasteiger charge is 2.34. The van der Waals surface area contributed by atoms with E-state index in [-0.39, 0.29) is 16.8 Å². The maximum absolute atomic E-state index is 15.0. The zero-order valence-electron chi connectivity index (χ0n) is 19.9. The summed E-state index contributed by atoms with van der Waals surface area (Å²) in [6.07, 6.45) is -3.09. The molecule has 3 aromatic rings. The summed E-state index contributed by atoms with van der Waals surface area (Å²) < 4.78 is 63.2. The summed E-state index contributed by atoms with van der Waals surface area (Å²) in [5.74, 6) is -1.36. The van der Waals surface area contributed by atoms with Crippen molar-refractivity contribution in [1.29, 1.82) is 0 Å². The summed E-state index contributed by atoms with van der Waals surface area (Å²) in [7, 11) is 0. The fraction of sp³-hybridized carbons (Fsp3) is 0.269. The number of aliphatic imine (C=N–C) groups is 1. The van der Waals surface area contributed by atoms with Crippen molar-refractivity contribution < 1.29 is 32.1 Å². The number of aromatic nitrogens is 2. The minimum absolute atomic E-state index is 0.0378. The van der Waals surface area contributed by atoms with Crippen LogP contribution in [0.4, 0.5) is 23.2 Å². The average molecular weight is 516 g/mol. The number of hydrogen-bond donors (Lipinski definition) is 1. The molecule has 0 aliphatic carbocycles. The largest absolute Gasteiger partial charge is 0.573 e. The lowest BCUT2D eigenvalue weighted by atomic mass is 9.99. The van der Waals surface area contributed by atoms with Crippen LogP contribution in [0.3, 0.4) is 0 Å². The van der Waals surface area contributed by atoms with Crippen LogP contribution in [-0.4, -0.2) is 54.5 Å². The van der Waals surface area contributed by atoms with Gasteiger partial charge in [-0.3, -0.25) is 4.99 Å². The Labute approximate surface area is 210 Å². The maximum Gasteiger partial charge on any atom is 0.573 e. The molecule has 1 fully saturated rings. The van der Waals surface area contributed by atoms with Gasteiger partial charge in [-0.15, -0.1) is 13.2 Å². The first-order valence-corrected chi connectivity index (χ1v) is 11.4. The highest BCUT2D eigenvalue weighted by Crippen LogP contribution is 2.35. The van der Waals surface area contributed by atoms with E-state index in [0.717, 1.165) is 30.9 Å². The van der Waals surface area contributed by atoms with E-state index in [1.54, 1.807) is 6.07 Å². The monoisotopic (exact) mass is 516 g/mol. The number of benzene rings is 2. The number of rotatable bonds is 7. The maximum atomic E-state index is 15.0. The van der Waals surface area contributed by atoms with Crippen LogP contribution in [0.2, 0.25) is 0 Å². The first-order chi connectivity index (χ1) is 17.7. The Morgan fingerprint density at radius 2 is 1.95 bits per heavy atom. The molecule has 1 aliphatic heterocycles. The predicted molar refractivity (Wildman–Crippen MR) is 131 cm³/mol. The van der Waals surface area contributed by atoms with Gasteiger partial charge >= 0.3 is 6.36 Å². The van der Waals surface area contributed by atoms with Crippen LogP contribution >= 0.6 is 0 Å². The fourth-order valence-electron chi connectivity index (χ4n) is 4.08. The molecule has 1 N–H and O–H groups in total. The summed E-state index contributed by atoms with van der Waals surface area (Å²) in [4.78, 5) is 14.3. The Morgan fingerprint density at radius 1 is 1.19 bits per heavy atom. The highest BCUT2D eigenvalue weighted by atomic mass is 19.4. The summed E-state index contributed by atoms with van der Waals surface area (Å²) in [5, 5.41) is 11.5. The average Bonchev–Trinajstić information content (AvgIpc) is 2.88. The zero-order valence-corrected chi connectivity index (χ0v) is 19.9. The molecule has 0 bridgehead atoms. The molecule has 1 aromatic heterocycles. The summed E-state index contributed by atoms with van der Waals surface area (Å²) in [6.45, 7) is 7.46. The summed E-state index contributed by atoms with van der Waals surface area (Å²) in [5.41, 5.74) is 1.43. The van der Waals surface area contributed by atoms with Crippen molar-refractivity contribution in [2.24, 2.45) is 4.99 Å². The second-order valence-electron chi connectivity index (χ2n) is 8.12. The van der Waals surface area contributed by atoms with E-state index >= 15 is 4.39 Å². The van der Waals surface area contributed by atoms with E-state index in [2.05, 4.69) is 31.3 Å². The van der Waals surface area contributed by atoms with E-state index in [1.165, 1.54) is 31.5 Å². The number of ether oxygens (including phenoxy) is 2. The lowest BCUT2D eigenvalue weighted by Gasteiger charge is -2.29. The Kier molecular flexibility index (Phi) is 7.84. The van der Waals surface area contributed by atoms with Gasteiger partial charge in [-0.2, -0.15) is 0 Å². The third kappa shape index (κ3) is 5.95. The fourth-order valence-corrected chi connectivity index (χ4v) is 4.08. The SMILES string of the molecule is C=N/C(=C(\C=C/C)OC(F)(F)F)C(O)c1ccc(F)c(-c2ncnc3cc(N4CCOCC4)ccc23)c1. The van der Waals surface area contributed by atoms with E-state index in [4.69, 9.17) is 4.74 Å². The lowest BCUT2D eigenvalue weighted by molar-refractivity contribution is -0.304. The number of nitrogens with zero attached hydrogens (tertiary/aromatic N) is 4. The predicted octanol–water partition coefficient (Wildman–Crippen LogP) is 5.33. The molecule has 11 heteroatoms. The molecule has 2 aromatic carbocycles. The number of alkyl halides is 3. The van der Waals surface area contributed by atoms with Gasteiger partial charge < -0.3 is 19.5 Å². The number of allylic oxidation sites excluding steroid dienone is 2. The normalized spacial score (nSPS) is 16.1. The van der Waals surface area contributed by atoms with Crippen molar-refractivity contribution in [3.63, 3.8) is 0 Å². The quantitative estimate of drug-likeness (QED) is 0.198. The van der Waals surface area contributed by atoms with Crippen molar-refractivity contribution in [3.8, 4) is 11.3 Å². The summed E-state index contributed by atoms with van der Waals surface area (Å²) >= 11 is 0. The van der Waals surface area contributed by atoms with Gasteiger partial charge in [-0.1, -0.05) is 12.1 Å². The minimum Gasteiger partial charge on any atom is -0.404 e. The molecule has 0 spiro atoms. The van der Waals surface area contributed by atoms with E-state index in [0.29, 0.717) is 24.1 Å². The molecule has 4 rings (SSSR count). The third-order valence-corrected chi connectivity index (χ3v) is 5.78. The Balaban J connectivity index is 1.76. The van der Waals surface area contributed by atoms with Crippen LogP contribution < -0.4 is 4.90 Å². The molecule has 194 valence electrons. The van der Waals surface area contributed by atoms with Crippen LogP contribution in [0.5, 0.6) is 0 Å². The van der Waals surface area contributed by atoms with E-state index < -0.39 is 29.7 Å². The molecule has 1 aliphatic rings. The number of anilines is 1. The minimum atomic E-state index is -5.02. The molecule has 2 heterocycles. The van der Waals surface area contributed by atoms with Crippen molar-refractivity contribution in [2.45, 2.75) is 19.4 Å². The van der Waals surface area contributed by atoms with Gasteiger partial charge in [0.05, 0.1) is 24.4 Å². The molecule has 0 saturated carbocycles. The zero-order chi connectivity index (χ0) is 26.6. The number of halogens is 4. The number of fused-ring (bicyclic) bond motifs is 1. The molecule has 0 amide bonds. The molecular weight excluding hydrogens is 492 g/mol. The number of aliphatic hydroxyl groups is 1. The smallest absolute Gasteiger partial charge is 0.404 e. The molecule has 0 radical (unpaired) electrons. The van der Waals surface area contributed by atoms with Crippen LogP contribution in [0.15, 0.2) is 71.3 Å². The molecule has 1 unspecified atom stereocenters. The second-order valence-corrected chi connectivity index (χ2v) is 8.12. The Bertz CT molecular complexity index is 1350. The Morgan fingerprint density at radius 3 is 2.62 bits per heavy atom. The van der Waals surface area contributed by atoms with Gasteiger partial charge in [0, 0.05) is 29.7 Å². The summed E-state index contributed by atoms with van der Waals surface area (Å²) in [6, 6.07) is 9.21. The van der Waals surface area contributed by atoms with E-state index in [1.807, 2.05) is 12.1 Å². The number of morpholine rings is 1. The van der Waals surface area contributed by atoms with Crippen molar-refractivity contribution in [1.82, 2.24) is 9.97 Å². The first kappa shape index (κ1) is 26.2. The van der Waals surface area contributed by atoms with Gasteiger partial charge in [0.2, 0.25) is 0 Å². The topological polar surface area (TPSA) is 80.1 Å². The molecule has 1 atom stereocenters. The number of hydrogen-bond acceptors (Lipinski definition) is 7. The van der Waals surface area contributed by atoms with Crippen molar-refractivity contribution >= 4 is 23.3 Å². The number of aliphatic hydroxyl groups excluding tert-OH is 1. The van der Waals surface area contributed by atoms with Gasteiger partial charge in [0.25, 0.3) is 0 Å². The van der Waals surface area contributed by atoms with Crippen LogP contribution in [-0.2, 0) is 9.47 Å². The Hall–Kier alpha value is -3.83. The standard InChI is InChI=1S/C26H24F4N4O3/c1-3-4-22(37-26(28,29)30)24(31-2)25(35)16-5-8-20(27)19(13-16)23-18-7-6-17(14-21(18)32-15-33-23)34-9-11-36-12-10-34/h3-8,13-15,25,35H,2,9-12H2,1H3/b4-3-,24-22+. The second kappa shape index (κ2) is 11.1. The van der Waals surface area contributed by atoms with E-state index in [9.17, 15) is 18.3 Å². The van der Waals surface area contributed by atoms with Gasteiger partial charge in [0.1, 0.15) is 23.9 Å². The molecule has 37 heavy (non-hydrogen) atoms. The highest BCUT2D eigenvalue weighted by molar-refractivity contribution is 5.94. The van der Waals surface area contributed by atoms with Crippen molar-refractivity contribution in [3.05, 3.63) is 77.7 Å². The lowest BCUT2D eigenvalue weighted by Crippen LogP contribution is -2.36.